The number of hydrogen-bond donors (Lipinski definition) is 7. The van der Waals surface area contributed by atoms with E-state index in [1.165, 1.54) is 87.0 Å². The lowest BCUT2D eigenvalue weighted by atomic mass is 10.1. The van der Waals surface area contributed by atoms with Gasteiger partial charge in [-0.25, -0.2) is 9.59 Å². The van der Waals surface area contributed by atoms with Crippen LogP contribution in [0.2, 0.25) is 0 Å². The number of aromatic hydroxyl groups is 2. The van der Waals surface area contributed by atoms with Crippen LogP contribution in [0.15, 0.2) is 115 Å². The number of fused-ring (bicyclic) bond motifs is 2. The zero-order valence-corrected chi connectivity index (χ0v) is 30.8. The van der Waals surface area contributed by atoms with Crippen LogP contribution in [-0.2, 0) is 20.2 Å². The molecule has 6 rings (SSSR count). The maximum Gasteiger partial charge on any atom is 0.339 e. The number of aromatic carboxylic acids is 2. The highest BCUT2D eigenvalue weighted by Crippen LogP contribution is 2.45. The molecule has 7 N–H and O–H groups in total. The second-order valence-electron chi connectivity index (χ2n) is 11.8. The number of methoxy groups -OCH3 is 2. The number of benzene rings is 6. The van der Waals surface area contributed by atoms with E-state index in [0.29, 0.717) is 11.4 Å². The van der Waals surface area contributed by atoms with Gasteiger partial charge >= 0.3 is 11.9 Å². The van der Waals surface area contributed by atoms with E-state index in [1.807, 2.05) is 0 Å². The van der Waals surface area contributed by atoms with E-state index in [0.717, 1.165) is 12.1 Å². The van der Waals surface area contributed by atoms with Gasteiger partial charge in [0.15, 0.2) is 23.0 Å². The molecular formula is C36H27N5O14S2. The Morgan fingerprint density at radius 3 is 1.30 bits per heavy atom. The van der Waals surface area contributed by atoms with Gasteiger partial charge in [0.25, 0.3) is 20.2 Å². The first-order valence-electron chi connectivity index (χ1n) is 15.9. The maximum atomic E-state index is 12.5. The number of para-hydroxylation sites is 2. The van der Waals surface area contributed by atoms with Crippen LogP contribution in [0.3, 0.4) is 0 Å². The van der Waals surface area contributed by atoms with Gasteiger partial charge in [0.1, 0.15) is 43.7 Å². The minimum atomic E-state index is -5.03. The highest BCUT2D eigenvalue weighted by Gasteiger charge is 2.25. The molecule has 0 aliphatic heterocycles. The minimum Gasteiger partial charge on any atom is -0.505 e. The molecule has 0 spiro atoms. The van der Waals surface area contributed by atoms with Crippen LogP contribution >= 0.6 is 0 Å². The van der Waals surface area contributed by atoms with Crippen LogP contribution in [0.1, 0.15) is 20.7 Å². The zero-order chi connectivity index (χ0) is 41.4. The molecular weight excluding hydrogens is 791 g/mol. The lowest BCUT2D eigenvalue weighted by Crippen LogP contribution is -2.00. The summed E-state index contributed by atoms with van der Waals surface area (Å²) >= 11 is 0. The van der Waals surface area contributed by atoms with E-state index in [2.05, 4.69) is 25.8 Å². The topological polar surface area (TPSA) is 304 Å². The number of phenols is 2. The van der Waals surface area contributed by atoms with Crippen LogP contribution in [0.4, 0.5) is 34.1 Å². The largest absolute Gasteiger partial charge is 0.505 e. The molecule has 0 radical (unpaired) electrons. The Bertz CT molecular complexity index is 2750. The van der Waals surface area contributed by atoms with Crippen LogP contribution < -0.4 is 14.8 Å². The molecule has 0 saturated carbocycles. The molecule has 6 aromatic rings. The fraction of sp³-hybridized carbons (Fsp3) is 0.0556. The smallest absolute Gasteiger partial charge is 0.339 e. The molecule has 0 aliphatic carbocycles. The number of hydrogen-bond acceptors (Lipinski definition) is 15. The van der Waals surface area contributed by atoms with E-state index in [-0.39, 0.29) is 55.5 Å². The third kappa shape index (κ3) is 7.83. The molecule has 57 heavy (non-hydrogen) atoms. The summed E-state index contributed by atoms with van der Waals surface area (Å²) in [5.41, 5.74) is -1.45. The number of carboxylic acid groups (broad SMARTS) is 2. The number of rotatable bonds is 12. The molecule has 6 aromatic carbocycles. The maximum absolute atomic E-state index is 12.5. The van der Waals surface area contributed by atoms with Crippen LogP contribution in [0, 0.1) is 0 Å². The summed E-state index contributed by atoms with van der Waals surface area (Å²) in [4.78, 5) is 21.5. The standard InChI is InChI=1S/C36H27N5O14S2/c1-54-33-23(35(44)45)5-3-7-25(33)38-40-29-27(56(48,49)50)15-17-13-19(9-11-21(17)31(29)42)37-20-10-12-22-18(14-20)16-28(57(51,52)53)30(32(22)43)41-39-26-8-4-6-24(36(46)47)34(26)55-2/h3-16,37,42-43H,1-2H3,(H,44,45)(H,46,47)(H,48,49,50)(H,51,52,53). The number of carboxylic acids is 2. The van der Waals surface area contributed by atoms with Crippen molar-refractivity contribution in [3.63, 3.8) is 0 Å². The predicted molar refractivity (Wildman–Crippen MR) is 202 cm³/mol. The molecule has 0 atom stereocenters. The van der Waals surface area contributed by atoms with Gasteiger partial charge < -0.3 is 35.2 Å². The molecule has 0 saturated heterocycles. The van der Waals surface area contributed by atoms with Crippen LogP contribution in [-0.4, -0.2) is 72.5 Å². The van der Waals surface area contributed by atoms with E-state index >= 15 is 0 Å². The van der Waals surface area contributed by atoms with Gasteiger partial charge in [0, 0.05) is 22.1 Å². The monoisotopic (exact) mass is 817 g/mol. The Labute approximate surface area is 321 Å². The minimum absolute atomic E-state index is 0.0726. The molecule has 19 nitrogen and oxygen atoms in total. The predicted octanol–water partition coefficient (Wildman–Crippen LogP) is 7.89. The fourth-order valence-corrected chi connectivity index (χ4v) is 7.11. The van der Waals surface area contributed by atoms with Gasteiger partial charge in [-0.15, -0.1) is 20.5 Å². The first-order chi connectivity index (χ1) is 26.9. The van der Waals surface area contributed by atoms with Gasteiger partial charge in [-0.1, -0.05) is 12.1 Å². The van der Waals surface area contributed by atoms with Crippen molar-refractivity contribution in [1.82, 2.24) is 0 Å². The molecule has 0 fully saturated rings. The van der Waals surface area contributed by atoms with Crippen molar-refractivity contribution in [1.29, 1.82) is 0 Å². The van der Waals surface area contributed by atoms with Gasteiger partial charge in [0.05, 0.1) is 14.2 Å². The Morgan fingerprint density at radius 1 is 0.579 bits per heavy atom. The Hall–Kier alpha value is -7.20. The van der Waals surface area contributed by atoms with Gasteiger partial charge in [-0.2, -0.15) is 16.8 Å². The Kier molecular flexibility index (Phi) is 10.5. The zero-order valence-electron chi connectivity index (χ0n) is 29.1. The number of nitrogens with one attached hydrogen (secondary N) is 1. The van der Waals surface area contributed by atoms with Crippen molar-refractivity contribution >= 4 is 87.8 Å². The number of azo groups is 2. The second-order valence-corrected chi connectivity index (χ2v) is 14.6. The summed E-state index contributed by atoms with van der Waals surface area (Å²) < 4.78 is 80.2. The number of anilines is 2. The first kappa shape index (κ1) is 39.5. The van der Waals surface area contributed by atoms with Gasteiger partial charge in [-0.3, -0.25) is 9.11 Å². The number of phenolic OH excluding ortho intramolecular Hbond substituents is 2. The first-order valence-corrected chi connectivity index (χ1v) is 18.8. The molecule has 0 aliphatic rings. The molecule has 0 aromatic heterocycles. The quantitative estimate of drug-likeness (QED) is 0.0456. The van der Waals surface area contributed by atoms with Crippen LogP contribution in [0.5, 0.6) is 23.0 Å². The summed E-state index contributed by atoms with van der Waals surface area (Å²) in [6, 6.07) is 18.5. The van der Waals surface area contributed by atoms with Crippen LogP contribution in [0.25, 0.3) is 21.5 Å². The molecule has 0 unspecified atom stereocenters. The van der Waals surface area contributed by atoms with E-state index in [1.54, 1.807) is 0 Å². The molecule has 21 heteroatoms. The summed E-state index contributed by atoms with van der Waals surface area (Å²) in [5, 5.41) is 60.0. The molecule has 0 heterocycles. The van der Waals surface area contributed by atoms with Crippen molar-refractivity contribution in [3.8, 4) is 23.0 Å². The third-order valence-electron chi connectivity index (χ3n) is 8.32. The summed E-state index contributed by atoms with van der Waals surface area (Å²) in [6.07, 6.45) is 0. The summed E-state index contributed by atoms with van der Waals surface area (Å²) in [6.45, 7) is 0. The van der Waals surface area contributed by atoms with E-state index < -0.39 is 64.8 Å². The third-order valence-corrected chi connectivity index (χ3v) is 10.1. The van der Waals surface area contributed by atoms with Crippen molar-refractivity contribution in [2.75, 3.05) is 19.5 Å². The number of nitrogens with zero attached hydrogens (tertiary/aromatic N) is 4. The van der Waals surface area contributed by atoms with Crippen molar-refractivity contribution in [2.45, 2.75) is 9.79 Å². The Balaban J connectivity index is 1.38. The highest BCUT2D eigenvalue weighted by molar-refractivity contribution is 7.86. The molecule has 292 valence electrons. The average molecular weight is 818 g/mol. The lowest BCUT2D eigenvalue weighted by molar-refractivity contribution is 0.0682. The van der Waals surface area contributed by atoms with E-state index in [4.69, 9.17) is 9.47 Å². The van der Waals surface area contributed by atoms with Crippen molar-refractivity contribution in [2.24, 2.45) is 20.5 Å². The molecule has 0 amide bonds. The molecule has 0 bridgehead atoms. The normalized spacial score (nSPS) is 12.1. The fourth-order valence-electron chi connectivity index (χ4n) is 5.79. The van der Waals surface area contributed by atoms with E-state index in [9.17, 15) is 56.0 Å². The lowest BCUT2D eigenvalue weighted by Gasteiger charge is -2.13. The highest BCUT2D eigenvalue weighted by atomic mass is 32.2. The van der Waals surface area contributed by atoms with Crippen molar-refractivity contribution < 1.29 is 65.4 Å². The summed E-state index contributed by atoms with van der Waals surface area (Å²) in [7, 11) is -7.68. The number of carbonyl (C=O) groups is 2. The average Bonchev–Trinajstić information content (AvgIpc) is 3.15. The van der Waals surface area contributed by atoms with Gasteiger partial charge in [0.2, 0.25) is 0 Å². The van der Waals surface area contributed by atoms with Gasteiger partial charge in [-0.05, 0) is 83.6 Å². The Morgan fingerprint density at radius 2 is 0.965 bits per heavy atom. The second kappa shape index (κ2) is 15.1. The summed E-state index contributed by atoms with van der Waals surface area (Å²) in [5.74, 6) is -4.42. The van der Waals surface area contributed by atoms with Crippen molar-refractivity contribution in [3.05, 3.63) is 96.1 Å². The SMILES string of the molecule is COc1c(N=Nc2c(S(=O)(=O)O)cc3cc(Nc4ccc5c(O)c(N=Nc6cccc(C(=O)O)c6OC)c(S(=O)(=O)O)cc5c4)ccc3c2O)cccc1C(=O)O. The number of ether oxygens (including phenoxy) is 2.